The summed E-state index contributed by atoms with van der Waals surface area (Å²) >= 11 is 0. The Labute approximate surface area is 633 Å². The van der Waals surface area contributed by atoms with Crippen molar-refractivity contribution in [3.63, 3.8) is 0 Å². The molecule has 16 aromatic rings. The van der Waals surface area contributed by atoms with E-state index in [1.54, 1.807) is 24.3 Å². The highest BCUT2D eigenvalue weighted by Crippen LogP contribution is 2.60. The van der Waals surface area contributed by atoms with Crippen LogP contribution in [-0.2, 0) is 10.8 Å². The van der Waals surface area contributed by atoms with Crippen LogP contribution in [0, 0.1) is 23.3 Å². The van der Waals surface area contributed by atoms with Crippen LogP contribution in [0.5, 0.6) is 0 Å². The molecule has 1 heterocycles. The number of rotatable bonds is 16. The molecule has 2 atom stereocenters. The van der Waals surface area contributed by atoms with Crippen LogP contribution < -0.4 is 30.5 Å². The lowest BCUT2D eigenvalue weighted by Crippen LogP contribution is -2.72. The SMILES string of the molecule is C=Cc1ccc(-c2ccc(C3(c4ccc(F)cc4)c4ccccc4-c4ccc(N(c5ccc(F)cc5)c5ccc6c(c5)-c5cc(N(c7ccc(F)cc7)c7ccc8c(c7)C(c7ccc(F)cc7)(c7ccc(-c9ccc(C=C)cc9)cc7)c7ccccc7-8)ccc5[Si]6(c5ccccc5)c5ccccc5)cc43)cc2)cc1. The summed E-state index contributed by atoms with van der Waals surface area (Å²) in [5, 5.41) is 4.84. The molecule has 0 amide bonds. The Hall–Kier alpha value is -13.5. The highest BCUT2D eigenvalue weighted by Gasteiger charge is 2.51. The molecular formula is C102H68F4N2Si. The van der Waals surface area contributed by atoms with E-state index in [-0.39, 0.29) is 23.3 Å². The summed E-state index contributed by atoms with van der Waals surface area (Å²) in [5.41, 5.74) is 23.6. The standard InChI is InChI=1S/C102H68F4N2Si/c1-3-67-23-27-69(28-24-67)71-31-35-73(36-32-71)101(75-39-43-77(103)44-40-75)95-21-13-11-19-89(95)91-59-55-85(65-97(91)101)107(81-51-47-79(105)48-52-81)83-57-61-99-93(63-83)94-64-84(58-62-100(94)109(99,87-15-7-5-8-16-87)88-17-9-6-10-18-88)108(82-53-49-80(106)50-54-82)86-56-60-92-90-20-12-14-22-96(90)102(98(92)66-86,76-41-45-78(104)46-42-76)74-37-33-72(34-38-74)70-29-25-68(4-2)26-30-70/h3-66H,1-2H2. The third-order valence-corrected chi connectivity index (χ3v) is 27.8. The monoisotopic (exact) mass is 1420 g/mol. The van der Waals surface area contributed by atoms with Crippen molar-refractivity contribution < 1.29 is 17.6 Å². The zero-order chi connectivity index (χ0) is 73.5. The van der Waals surface area contributed by atoms with Gasteiger partial charge in [0.15, 0.2) is 8.07 Å². The van der Waals surface area contributed by atoms with Crippen molar-refractivity contribution in [2.75, 3.05) is 9.80 Å². The smallest absolute Gasteiger partial charge is 0.180 e. The van der Waals surface area contributed by atoms with Gasteiger partial charge >= 0.3 is 0 Å². The number of hydrogen-bond acceptors (Lipinski definition) is 2. The minimum atomic E-state index is -3.23. The predicted molar refractivity (Wildman–Crippen MR) is 444 cm³/mol. The van der Waals surface area contributed by atoms with E-state index >= 15 is 17.6 Å². The fourth-order valence-electron chi connectivity index (χ4n) is 18.1. The number of halogens is 4. The van der Waals surface area contributed by atoms with Gasteiger partial charge in [-0.15, -0.1) is 0 Å². The molecule has 0 saturated carbocycles. The zero-order valence-electron chi connectivity index (χ0n) is 59.3. The lowest BCUT2D eigenvalue weighted by atomic mass is 9.67. The van der Waals surface area contributed by atoms with Gasteiger partial charge in [-0.2, -0.15) is 0 Å². The van der Waals surface area contributed by atoms with E-state index < -0.39 is 18.9 Å². The summed E-state index contributed by atoms with van der Waals surface area (Å²) in [7, 11) is -3.23. The van der Waals surface area contributed by atoms with Crippen LogP contribution in [0.25, 0.3) is 67.8 Å². The average molecular weight is 1430 g/mol. The number of benzene rings is 16. The van der Waals surface area contributed by atoms with E-state index in [2.05, 4.69) is 302 Å². The molecule has 0 saturated heterocycles. The number of hydrogen-bond donors (Lipinski definition) is 0. The maximum atomic E-state index is 15.6. The molecule has 7 heteroatoms. The van der Waals surface area contributed by atoms with Crippen LogP contribution in [0.15, 0.2) is 389 Å². The first-order chi connectivity index (χ1) is 53.5. The summed E-state index contributed by atoms with van der Waals surface area (Å²) < 4.78 is 62.1. The van der Waals surface area contributed by atoms with Crippen molar-refractivity contribution >= 4 is 75.1 Å². The summed E-state index contributed by atoms with van der Waals surface area (Å²) in [6, 6.07) is 128. The van der Waals surface area contributed by atoms with E-state index in [9.17, 15) is 0 Å². The molecule has 0 radical (unpaired) electrons. The van der Waals surface area contributed by atoms with E-state index in [4.69, 9.17) is 0 Å². The van der Waals surface area contributed by atoms with Crippen LogP contribution in [-0.4, -0.2) is 8.07 Å². The summed E-state index contributed by atoms with van der Waals surface area (Å²) in [6.07, 6.45) is 3.69. The first kappa shape index (κ1) is 66.2. The zero-order valence-corrected chi connectivity index (χ0v) is 60.3. The van der Waals surface area contributed by atoms with E-state index in [0.717, 1.165) is 145 Å². The Morgan fingerprint density at radius 3 is 0.862 bits per heavy atom. The molecular weight excluding hydrogens is 1360 g/mol. The van der Waals surface area contributed by atoms with Crippen LogP contribution in [0.2, 0.25) is 0 Å². The first-order valence-electron chi connectivity index (χ1n) is 36.7. The van der Waals surface area contributed by atoms with Crippen LogP contribution in [0.4, 0.5) is 51.7 Å². The molecule has 109 heavy (non-hydrogen) atoms. The molecule has 2 unspecified atom stereocenters. The third kappa shape index (κ3) is 10.6. The predicted octanol–water partition coefficient (Wildman–Crippen LogP) is 23.9. The van der Waals surface area contributed by atoms with Gasteiger partial charge < -0.3 is 9.80 Å². The van der Waals surface area contributed by atoms with Crippen molar-refractivity contribution in [3.8, 4) is 55.6 Å². The quantitative estimate of drug-likeness (QED) is 0.0703. The maximum absolute atomic E-state index is 15.6. The molecule has 518 valence electrons. The van der Waals surface area contributed by atoms with Gasteiger partial charge in [0, 0.05) is 34.1 Å². The summed E-state index contributed by atoms with van der Waals surface area (Å²) in [6.45, 7) is 7.96. The molecule has 0 bridgehead atoms. The molecule has 1 aliphatic heterocycles. The van der Waals surface area contributed by atoms with Gasteiger partial charge in [0.05, 0.1) is 10.8 Å². The second-order valence-corrected chi connectivity index (χ2v) is 32.2. The molecule has 3 aliphatic rings. The highest BCUT2D eigenvalue weighted by molar-refractivity contribution is 7.22. The minimum absolute atomic E-state index is 0.329. The van der Waals surface area contributed by atoms with Gasteiger partial charge in [-0.25, -0.2) is 17.6 Å². The van der Waals surface area contributed by atoms with Crippen molar-refractivity contribution in [1.82, 2.24) is 0 Å². The van der Waals surface area contributed by atoms with E-state index in [1.165, 1.54) is 45.0 Å². The van der Waals surface area contributed by atoms with Crippen LogP contribution in [0.3, 0.4) is 0 Å². The van der Waals surface area contributed by atoms with Gasteiger partial charge in [-0.05, 0) is 253 Å². The largest absolute Gasteiger partial charge is 0.310 e. The van der Waals surface area contributed by atoms with Gasteiger partial charge in [-0.3, -0.25) is 0 Å². The molecule has 16 aromatic carbocycles. The van der Waals surface area contributed by atoms with Crippen molar-refractivity contribution in [3.05, 3.63) is 468 Å². The number of nitrogens with zero attached hydrogens (tertiary/aromatic N) is 2. The lowest BCUT2D eigenvalue weighted by molar-refractivity contribution is 0.624. The molecule has 2 nitrogen and oxygen atoms in total. The van der Waals surface area contributed by atoms with Crippen molar-refractivity contribution in [1.29, 1.82) is 0 Å². The Morgan fingerprint density at radius 1 is 0.239 bits per heavy atom. The average Bonchev–Trinajstić information content (AvgIpc) is 1.57. The molecule has 0 fully saturated rings. The Morgan fingerprint density at radius 2 is 0.514 bits per heavy atom. The number of fused-ring (bicyclic) bond motifs is 9. The second-order valence-electron chi connectivity index (χ2n) is 28.4. The van der Waals surface area contributed by atoms with E-state index in [1.807, 2.05) is 60.7 Å². The number of anilines is 6. The van der Waals surface area contributed by atoms with E-state index in [0.29, 0.717) is 0 Å². The normalized spacial score (nSPS) is 15.2. The molecule has 19 rings (SSSR count). The third-order valence-electron chi connectivity index (χ3n) is 22.9. The lowest BCUT2D eigenvalue weighted by Gasteiger charge is -2.35. The maximum Gasteiger partial charge on any atom is 0.180 e. The van der Waals surface area contributed by atoms with Gasteiger partial charge in [0.25, 0.3) is 0 Å². The van der Waals surface area contributed by atoms with Crippen LogP contribution >= 0.6 is 0 Å². The molecule has 0 N–H and O–H groups in total. The van der Waals surface area contributed by atoms with Gasteiger partial charge in [0.1, 0.15) is 23.3 Å². The van der Waals surface area contributed by atoms with Gasteiger partial charge in [-0.1, -0.05) is 280 Å². The van der Waals surface area contributed by atoms with Crippen LogP contribution in [0.1, 0.15) is 55.6 Å². The topological polar surface area (TPSA) is 6.48 Å². The summed E-state index contributed by atoms with van der Waals surface area (Å²) in [4.78, 5) is 4.47. The highest BCUT2D eigenvalue weighted by atomic mass is 28.3. The van der Waals surface area contributed by atoms with Gasteiger partial charge in [0.2, 0.25) is 0 Å². The van der Waals surface area contributed by atoms with Crippen molar-refractivity contribution in [2.45, 2.75) is 10.8 Å². The second kappa shape index (κ2) is 26.5. The molecule has 2 aliphatic carbocycles. The Kier molecular flexibility index (Phi) is 16.1. The van der Waals surface area contributed by atoms with Crippen molar-refractivity contribution in [2.24, 2.45) is 0 Å². The first-order valence-corrected chi connectivity index (χ1v) is 38.7. The fraction of sp³-hybridized carbons (Fsp3) is 0.0196. The fourth-order valence-corrected chi connectivity index (χ4v) is 23.2. The molecule has 0 spiro atoms. The Bertz CT molecular complexity index is 5820. The molecule has 0 aromatic heterocycles. The Balaban J connectivity index is 0.820. The summed E-state index contributed by atoms with van der Waals surface area (Å²) in [5.74, 6) is -1.38. The minimum Gasteiger partial charge on any atom is -0.310 e.